The average molecular weight is 375 g/mol. The number of ether oxygens (including phenoxy) is 1. The quantitative estimate of drug-likeness (QED) is 0.801. The number of methoxy groups -OCH3 is 1. The van der Waals surface area contributed by atoms with Crippen LogP contribution in [0.3, 0.4) is 0 Å². The van der Waals surface area contributed by atoms with E-state index in [1.54, 1.807) is 7.05 Å². The van der Waals surface area contributed by atoms with Crippen LogP contribution in [0.4, 0.5) is 0 Å². The van der Waals surface area contributed by atoms with Crippen LogP contribution in [-0.4, -0.2) is 51.8 Å². The molecular formula is C15H19ClN2O5S. The fourth-order valence-electron chi connectivity index (χ4n) is 2.65. The SMILES string of the molecule is CNC(=O)C1CCN(S(=O)(=O)c2cc(C(=O)OC)ccc2Cl)CC1. The molecule has 1 N–H and O–H groups in total. The zero-order valence-electron chi connectivity index (χ0n) is 13.4. The molecule has 0 aromatic heterocycles. The van der Waals surface area contributed by atoms with Crippen molar-refractivity contribution in [1.29, 1.82) is 0 Å². The highest BCUT2D eigenvalue weighted by molar-refractivity contribution is 7.89. The molecule has 9 heteroatoms. The van der Waals surface area contributed by atoms with Crippen molar-refractivity contribution in [2.24, 2.45) is 5.92 Å². The number of sulfonamides is 1. The summed E-state index contributed by atoms with van der Waals surface area (Å²) in [5.74, 6) is -0.919. The molecule has 0 saturated carbocycles. The summed E-state index contributed by atoms with van der Waals surface area (Å²) in [5.41, 5.74) is 0.112. The van der Waals surface area contributed by atoms with Crippen molar-refractivity contribution < 1.29 is 22.7 Å². The first-order chi connectivity index (χ1) is 11.3. The Hall–Kier alpha value is -1.64. The van der Waals surface area contributed by atoms with Gasteiger partial charge in [0.05, 0.1) is 17.7 Å². The maximum atomic E-state index is 12.8. The number of hydrogen-bond donors (Lipinski definition) is 1. The highest BCUT2D eigenvalue weighted by atomic mass is 35.5. The highest BCUT2D eigenvalue weighted by Gasteiger charge is 2.33. The number of halogens is 1. The predicted molar refractivity (Wildman–Crippen MR) is 88.3 cm³/mol. The second-order valence-electron chi connectivity index (χ2n) is 5.43. The Morgan fingerprint density at radius 2 is 1.92 bits per heavy atom. The number of esters is 1. The highest BCUT2D eigenvalue weighted by Crippen LogP contribution is 2.29. The van der Waals surface area contributed by atoms with Gasteiger partial charge in [-0.2, -0.15) is 4.31 Å². The van der Waals surface area contributed by atoms with Gasteiger partial charge in [-0.3, -0.25) is 4.79 Å². The minimum Gasteiger partial charge on any atom is -0.465 e. The normalized spacial score (nSPS) is 16.6. The molecule has 2 rings (SSSR count). The molecule has 24 heavy (non-hydrogen) atoms. The lowest BCUT2D eigenvalue weighted by molar-refractivity contribution is -0.125. The zero-order valence-corrected chi connectivity index (χ0v) is 15.0. The van der Waals surface area contributed by atoms with Crippen molar-refractivity contribution in [3.8, 4) is 0 Å². The fourth-order valence-corrected chi connectivity index (χ4v) is 4.62. The molecule has 0 aliphatic carbocycles. The second-order valence-corrected chi connectivity index (χ2v) is 7.74. The minimum absolute atomic E-state index is 0.0380. The van der Waals surface area contributed by atoms with Crippen LogP contribution >= 0.6 is 11.6 Å². The van der Waals surface area contributed by atoms with Crippen LogP contribution in [0.1, 0.15) is 23.2 Å². The monoisotopic (exact) mass is 374 g/mol. The molecule has 0 atom stereocenters. The zero-order chi connectivity index (χ0) is 17.9. The van der Waals surface area contributed by atoms with Crippen LogP contribution in [0.25, 0.3) is 0 Å². The third-order valence-corrected chi connectivity index (χ3v) is 6.42. The van der Waals surface area contributed by atoms with Gasteiger partial charge in [0.2, 0.25) is 15.9 Å². The van der Waals surface area contributed by atoms with Crippen LogP contribution in [0.15, 0.2) is 23.1 Å². The lowest BCUT2D eigenvalue weighted by Gasteiger charge is -2.30. The van der Waals surface area contributed by atoms with Crippen molar-refractivity contribution >= 4 is 33.5 Å². The molecule has 7 nitrogen and oxygen atoms in total. The molecule has 0 bridgehead atoms. The topological polar surface area (TPSA) is 92.8 Å². The Morgan fingerprint density at radius 1 is 1.29 bits per heavy atom. The Balaban J connectivity index is 2.25. The van der Waals surface area contributed by atoms with Gasteiger partial charge in [0.15, 0.2) is 0 Å². The van der Waals surface area contributed by atoms with Gasteiger partial charge in [0.25, 0.3) is 0 Å². The van der Waals surface area contributed by atoms with Crippen LogP contribution in [0.5, 0.6) is 0 Å². The number of amides is 1. The van der Waals surface area contributed by atoms with E-state index in [0.717, 1.165) is 0 Å². The van der Waals surface area contributed by atoms with Gasteiger partial charge in [-0.15, -0.1) is 0 Å². The Labute approximate surface area is 146 Å². The predicted octanol–water partition coefficient (Wildman–Crippen LogP) is 1.27. The second kappa shape index (κ2) is 7.50. The average Bonchev–Trinajstić information content (AvgIpc) is 2.60. The summed E-state index contributed by atoms with van der Waals surface area (Å²) in [6.45, 7) is 0.443. The number of carbonyl (C=O) groups is 2. The third kappa shape index (κ3) is 3.71. The number of nitrogens with one attached hydrogen (secondary N) is 1. The lowest BCUT2D eigenvalue weighted by atomic mass is 9.97. The molecule has 0 spiro atoms. The van der Waals surface area contributed by atoms with Crippen molar-refractivity contribution in [3.63, 3.8) is 0 Å². The van der Waals surface area contributed by atoms with Crippen molar-refractivity contribution in [2.45, 2.75) is 17.7 Å². The van der Waals surface area contributed by atoms with Crippen LogP contribution in [-0.2, 0) is 19.6 Å². The van der Waals surface area contributed by atoms with E-state index in [4.69, 9.17) is 11.6 Å². The summed E-state index contributed by atoms with van der Waals surface area (Å²) in [5, 5.41) is 2.61. The maximum Gasteiger partial charge on any atom is 0.337 e. The van der Waals surface area contributed by atoms with Gasteiger partial charge in [-0.05, 0) is 31.0 Å². The largest absolute Gasteiger partial charge is 0.465 e. The van der Waals surface area contributed by atoms with E-state index < -0.39 is 16.0 Å². The van der Waals surface area contributed by atoms with E-state index in [1.165, 1.54) is 29.6 Å². The van der Waals surface area contributed by atoms with E-state index in [2.05, 4.69) is 10.1 Å². The molecule has 1 fully saturated rings. The van der Waals surface area contributed by atoms with Gasteiger partial charge in [-0.1, -0.05) is 11.6 Å². The Kier molecular flexibility index (Phi) is 5.84. The molecule has 1 heterocycles. The van der Waals surface area contributed by atoms with Crippen LogP contribution in [0, 0.1) is 5.92 Å². The summed E-state index contributed by atoms with van der Waals surface area (Å²) in [6, 6.07) is 3.98. The molecule has 1 saturated heterocycles. The van der Waals surface area contributed by atoms with Gasteiger partial charge in [0, 0.05) is 26.1 Å². The van der Waals surface area contributed by atoms with E-state index in [1.807, 2.05) is 0 Å². The summed E-state index contributed by atoms with van der Waals surface area (Å²) >= 11 is 6.03. The first kappa shape index (κ1) is 18.7. The van der Waals surface area contributed by atoms with E-state index >= 15 is 0 Å². The van der Waals surface area contributed by atoms with Gasteiger partial charge in [-0.25, -0.2) is 13.2 Å². The molecule has 1 aliphatic rings. The van der Waals surface area contributed by atoms with E-state index in [0.29, 0.717) is 12.8 Å². The minimum atomic E-state index is -3.85. The maximum absolute atomic E-state index is 12.8. The molecule has 132 valence electrons. The number of hydrogen-bond acceptors (Lipinski definition) is 5. The molecule has 0 radical (unpaired) electrons. The first-order valence-electron chi connectivity index (χ1n) is 7.41. The van der Waals surface area contributed by atoms with Gasteiger partial charge >= 0.3 is 5.97 Å². The summed E-state index contributed by atoms with van der Waals surface area (Å²) in [6.07, 6.45) is 0.875. The number of nitrogens with zero attached hydrogens (tertiary/aromatic N) is 1. The number of rotatable bonds is 4. The van der Waals surface area contributed by atoms with Crippen LogP contribution in [0.2, 0.25) is 5.02 Å². The van der Waals surface area contributed by atoms with Crippen molar-refractivity contribution in [1.82, 2.24) is 9.62 Å². The molecule has 0 unspecified atom stereocenters. The summed E-state index contributed by atoms with van der Waals surface area (Å²) in [7, 11) is -1.07. The van der Waals surface area contributed by atoms with Gasteiger partial charge < -0.3 is 10.1 Å². The number of piperidine rings is 1. The summed E-state index contributed by atoms with van der Waals surface area (Å²) in [4.78, 5) is 23.1. The van der Waals surface area contributed by atoms with Gasteiger partial charge in [0.1, 0.15) is 4.90 Å². The Bertz CT molecular complexity index is 742. The van der Waals surface area contributed by atoms with E-state index in [9.17, 15) is 18.0 Å². The Morgan fingerprint density at radius 3 is 2.46 bits per heavy atom. The number of benzene rings is 1. The molecule has 1 amide bonds. The first-order valence-corrected chi connectivity index (χ1v) is 9.22. The van der Waals surface area contributed by atoms with Crippen molar-refractivity contribution in [3.05, 3.63) is 28.8 Å². The molecular weight excluding hydrogens is 356 g/mol. The fraction of sp³-hybridized carbons (Fsp3) is 0.467. The number of carbonyl (C=O) groups excluding carboxylic acids is 2. The third-order valence-electron chi connectivity index (χ3n) is 4.04. The molecule has 1 aliphatic heterocycles. The van der Waals surface area contributed by atoms with E-state index in [-0.39, 0.29) is 40.4 Å². The standard InChI is InChI=1S/C15H19ClN2O5S/c1-17-14(19)10-5-7-18(8-6-10)24(21,22)13-9-11(15(20)23-2)3-4-12(13)16/h3-4,9-10H,5-8H2,1-2H3,(H,17,19). The molecule has 1 aromatic carbocycles. The van der Waals surface area contributed by atoms with Crippen molar-refractivity contribution in [2.75, 3.05) is 27.2 Å². The smallest absolute Gasteiger partial charge is 0.337 e. The lowest BCUT2D eigenvalue weighted by Crippen LogP contribution is -2.42. The van der Waals surface area contributed by atoms with Crippen LogP contribution < -0.4 is 5.32 Å². The molecule has 1 aromatic rings. The summed E-state index contributed by atoms with van der Waals surface area (Å²) < 4.78 is 31.5.